The van der Waals surface area contributed by atoms with Crippen LogP contribution in [0.4, 0.5) is 23.7 Å². The Morgan fingerprint density at radius 3 is 2.60 bits per heavy atom. The van der Waals surface area contributed by atoms with Crippen LogP contribution in [0.15, 0.2) is 23.6 Å². The number of amides is 1. The summed E-state index contributed by atoms with van der Waals surface area (Å²) in [7, 11) is 0. The zero-order valence-electron chi connectivity index (χ0n) is 10.2. The fraction of sp³-hybridized carbons (Fsp3) is 0.167. The van der Waals surface area contributed by atoms with Gasteiger partial charge in [0, 0.05) is 16.6 Å². The predicted octanol–water partition coefficient (Wildman–Crippen LogP) is 4.23. The van der Waals surface area contributed by atoms with E-state index < -0.39 is 17.8 Å². The number of hydrogen-bond acceptors (Lipinski definition) is 3. The molecule has 20 heavy (non-hydrogen) atoms. The first-order valence-corrected chi connectivity index (χ1v) is 6.29. The van der Waals surface area contributed by atoms with E-state index in [1.165, 1.54) is 17.4 Å². The number of nitrogens with one attached hydrogen (secondary N) is 1. The van der Waals surface area contributed by atoms with Crippen molar-refractivity contribution >= 4 is 23.1 Å². The molecule has 106 valence electrons. The summed E-state index contributed by atoms with van der Waals surface area (Å²) >= 11 is 1.23. The Hall–Kier alpha value is -2.09. The first-order chi connectivity index (χ1) is 9.27. The van der Waals surface area contributed by atoms with Gasteiger partial charge >= 0.3 is 12.3 Å². The third-order valence-corrected chi connectivity index (χ3v) is 3.43. The molecular formula is C12H9F3N2O2S. The Kier molecular flexibility index (Phi) is 3.67. The monoisotopic (exact) mass is 302 g/mol. The van der Waals surface area contributed by atoms with Crippen molar-refractivity contribution in [2.45, 2.75) is 13.1 Å². The van der Waals surface area contributed by atoms with Gasteiger partial charge in [0.1, 0.15) is 5.01 Å². The molecule has 1 aromatic heterocycles. The molecule has 1 amide bonds. The van der Waals surface area contributed by atoms with Crippen LogP contribution in [-0.2, 0) is 6.18 Å². The number of nitrogens with zero attached hydrogens (tertiary/aromatic N) is 1. The van der Waals surface area contributed by atoms with Crippen molar-refractivity contribution in [3.05, 3.63) is 34.8 Å². The number of aromatic nitrogens is 1. The molecule has 0 bridgehead atoms. The van der Waals surface area contributed by atoms with E-state index in [9.17, 15) is 18.0 Å². The number of halogens is 3. The number of alkyl halides is 3. The number of thiazole rings is 1. The van der Waals surface area contributed by atoms with Crippen LogP contribution >= 0.6 is 11.3 Å². The fourth-order valence-corrected chi connectivity index (χ4v) is 2.44. The number of carboxylic acid groups (broad SMARTS) is 1. The lowest BCUT2D eigenvalue weighted by Gasteiger charge is -2.12. The molecule has 0 saturated carbocycles. The van der Waals surface area contributed by atoms with Crippen molar-refractivity contribution < 1.29 is 23.1 Å². The van der Waals surface area contributed by atoms with Crippen LogP contribution in [0.5, 0.6) is 0 Å². The minimum atomic E-state index is -4.54. The van der Waals surface area contributed by atoms with Crippen molar-refractivity contribution in [2.24, 2.45) is 0 Å². The summed E-state index contributed by atoms with van der Waals surface area (Å²) < 4.78 is 38.0. The van der Waals surface area contributed by atoms with Crippen molar-refractivity contribution in [1.29, 1.82) is 0 Å². The standard InChI is InChI=1S/C12H9F3N2O2S/c1-6-5-20-10(16-6)8-3-2-7(12(13,14)15)4-9(8)17-11(18)19/h2-5,17H,1H3,(H,18,19). The molecule has 0 radical (unpaired) electrons. The largest absolute Gasteiger partial charge is 0.465 e. The molecule has 1 heterocycles. The second-order valence-corrected chi connectivity index (χ2v) is 4.84. The van der Waals surface area contributed by atoms with E-state index in [0.29, 0.717) is 16.3 Å². The summed E-state index contributed by atoms with van der Waals surface area (Å²) in [5.74, 6) is 0. The number of benzene rings is 1. The first kappa shape index (κ1) is 14.3. The van der Waals surface area contributed by atoms with Gasteiger partial charge in [-0.1, -0.05) is 0 Å². The summed E-state index contributed by atoms with van der Waals surface area (Å²) in [5, 5.41) is 12.9. The van der Waals surface area contributed by atoms with Crippen LogP contribution in [0, 0.1) is 6.92 Å². The fourth-order valence-electron chi connectivity index (χ4n) is 1.60. The van der Waals surface area contributed by atoms with Crippen LogP contribution in [0.25, 0.3) is 10.6 Å². The number of anilines is 1. The molecule has 4 nitrogen and oxygen atoms in total. The molecule has 0 fully saturated rings. The summed E-state index contributed by atoms with van der Waals surface area (Å²) in [4.78, 5) is 14.9. The molecule has 2 N–H and O–H groups in total. The van der Waals surface area contributed by atoms with Gasteiger partial charge in [0.25, 0.3) is 0 Å². The Morgan fingerprint density at radius 1 is 1.40 bits per heavy atom. The summed E-state index contributed by atoms with van der Waals surface area (Å²) in [5.41, 5.74) is -0.0235. The van der Waals surface area contributed by atoms with Crippen molar-refractivity contribution in [3.63, 3.8) is 0 Å². The van der Waals surface area contributed by atoms with E-state index in [2.05, 4.69) is 4.98 Å². The molecule has 2 aromatic rings. The first-order valence-electron chi connectivity index (χ1n) is 5.41. The lowest BCUT2D eigenvalue weighted by Crippen LogP contribution is -2.11. The topological polar surface area (TPSA) is 62.2 Å². The van der Waals surface area contributed by atoms with E-state index in [-0.39, 0.29) is 5.69 Å². The van der Waals surface area contributed by atoms with Crippen LogP contribution < -0.4 is 5.32 Å². The van der Waals surface area contributed by atoms with E-state index >= 15 is 0 Å². The number of rotatable bonds is 2. The maximum Gasteiger partial charge on any atom is 0.416 e. The highest BCUT2D eigenvalue weighted by molar-refractivity contribution is 7.13. The van der Waals surface area contributed by atoms with E-state index in [4.69, 9.17) is 5.11 Å². The Labute approximate surface area is 115 Å². The van der Waals surface area contributed by atoms with Gasteiger partial charge in [-0.2, -0.15) is 13.2 Å². The molecule has 0 aliphatic heterocycles. The molecule has 8 heteroatoms. The van der Waals surface area contributed by atoms with Crippen molar-refractivity contribution in [1.82, 2.24) is 4.98 Å². The lowest BCUT2D eigenvalue weighted by molar-refractivity contribution is -0.137. The van der Waals surface area contributed by atoms with E-state index in [1.54, 1.807) is 12.3 Å². The second kappa shape index (κ2) is 5.12. The SMILES string of the molecule is Cc1csc(-c2ccc(C(F)(F)F)cc2NC(=O)O)n1. The van der Waals surface area contributed by atoms with Crippen LogP contribution in [0.2, 0.25) is 0 Å². The average Bonchev–Trinajstić information content (AvgIpc) is 2.73. The quantitative estimate of drug-likeness (QED) is 0.872. The van der Waals surface area contributed by atoms with Gasteiger partial charge in [-0.3, -0.25) is 5.32 Å². The van der Waals surface area contributed by atoms with E-state index in [0.717, 1.165) is 12.1 Å². The smallest absolute Gasteiger partial charge is 0.416 e. The molecule has 0 unspecified atom stereocenters. The normalized spacial score (nSPS) is 11.4. The average molecular weight is 302 g/mol. The van der Waals surface area contributed by atoms with Gasteiger partial charge in [0.05, 0.1) is 11.3 Å². The minimum Gasteiger partial charge on any atom is -0.465 e. The summed E-state index contributed by atoms with van der Waals surface area (Å²) in [6.07, 6.45) is -5.97. The van der Waals surface area contributed by atoms with Gasteiger partial charge in [0.2, 0.25) is 0 Å². The molecule has 0 aliphatic carbocycles. The third-order valence-electron chi connectivity index (χ3n) is 2.44. The summed E-state index contributed by atoms with van der Waals surface area (Å²) in [6, 6.07) is 2.88. The highest BCUT2D eigenvalue weighted by atomic mass is 32.1. The number of hydrogen-bond donors (Lipinski definition) is 2. The van der Waals surface area contributed by atoms with Crippen molar-refractivity contribution in [3.8, 4) is 10.6 Å². The number of carbonyl (C=O) groups is 1. The van der Waals surface area contributed by atoms with Gasteiger partial charge < -0.3 is 5.11 Å². The Bertz CT molecular complexity index is 652. The van der Waals surface area contributed by atoms with Crippen molar-refractivity contribution in [2.75, 3.05) is 5.32 Å². The van der Waals surface area contributed by atoms with Gasteiger partial charge in [-0.25, -0.2) is 9.78 Å². The lowest BCUT2D eigenvalue weighted by atomic mass is 10.1. The van der Waals surface area contributed by atoms with E-state index in [1.807, 2.05) is 5.32 Å². The molecule has 0 spiro atoms. The Morgan fingerprint density at radius 2 is 2.10 bits per heavy atom. The molecule has 2 rings (SSSR count). The maximum absolute atomic E-state index is 12.7. The van der Waals surface area contributed by atoms with Crippen LogP contribution in [-0.4, -0.2) is 16.2 Å². The van der Waals surface area contributed by atoms with Crippen LogP contribution in [0.1, 0.15) is 11.3 Å². The Balaban J connectivity index is 2.53. The van der Waals surface area contributed by atoms with Gasteiger partial charge in [-0.05, 0) is 25.1 Å². The highest BCUT2D eigenvalue weighted by Crippen LogP contribution is 2.36. The molecule has 0 aliphatic rings. The van der Waals surface area contributed by atoms with Gasteiger partial charge in [0.15, 0.2) is 0 Å². The predicted molar refractivity (Wildman–Crippen MR) is 68.9 cm³/mol. The van der Waals surface area contributed by atoms with Crippen LogP contribution in [0.3, 0.4) is 0 Å². The highest BCUT2D eigenvalue weighted by Gasteiger charge is 2.31. The maximum atomic E-state index is 12.7. The molecule has 0 atom stereocenters. The molecule has 1 aromatic carbocycles. The molecular weight excluding hydrogens is 293 g/mol. The van der Waals surface area contributed by atoms with Gasteiger partial charge in [-0.15, -0.1) is 11.3 Å². The zero-order valence-corrected chi connectivity index (χ0v) is 11.0. The number of aryl methyl sites for hydroxylation is 1. The summed E-state index contributed by atoms with van der Waals surface area (Å²) in [6.45, 7) is 1.74. The second-order valence-electron chi connectivity index (χ2n) is 3.98. The molecule has 0 saturated heterocycles. The third kappa shape index (κ3) is 3.08. The zero-order chi connectivity index (χ0) is 14.9. The minimum absolute atomic E-state index is 0.137.